The van der Waals surface area contributed by atoms with Crippen molar-refractivity contribution >= 4 is 15.7 Å². The highest BCUT2D eigenvalue weighted by Crippen LogP contribution is 2.32. The van der Waals surface area contributed by atoms with Gasteiger partial charge in [-0.3, -0.25) is 9.40 Å². The number of methoxy groups -OCH3 is 1. The predicted octanol–water partition coefficient (Wildman–Crippen LogP) is 4.90. The van der Waals surface area contributed by atoms with Crippen LogP contribution in [0, 0.1) is 48.5 Å². The van der Waals surface area contributed by atoms with E-state index < -0.39 is 10.0 Å². The van der Waals surface area contributed by atoms with Gasteiger partial charge in [0.1, 0.15) is 5.75 Å². The van der Waals surface area contributed by atoms with Crippen molar-refractivity contribution in [2.75, 3.05) is 11.8 Å². The molecule has 166 valence electrons. The summed E-state index contributed by atoms with van der Waals surface area (Å²) >= 11 is 0. The first-order valence-electron chi connectivity index (χ1n) is 10.2. The number of hydrogen-bond donors (Lipinski definition) is 1. The molecule has 1 N–H and O–H groups in total. The van der Waals surface area contributed by atoms with Gasteiger partial charge in [-0.15, -0.1) is 0 Å². The van der Waals surface area contributed by atoms with Crippen LogP contribution in [-0.4, -0.2) is 25.3 Å². The van der Waals surface area contributed by atoms with Crippen LogP contribution in [0.25, 0.3) is 0 Å². The number of hydrogen-bond acceptors (Lipinski definition) is 4. The fourth-order valence-corrected chi connectivity index (χ4v) is 5.77. The van der Waals surface area contributed by atoms with Crippen molar-refractivity contribution < 1.29 is 13.2 Å². The van der Waals surface area contributed by atoms with Gasteiger partial charge < -0.3 is 4.74 Å². The van der Waals surface area contributed by atoms with E-state index in [-0.39, 0.29) is 0 Å². The molecule has 3 rings (SSSR count). The maximum atomic E-state index is 13.4. The molecule has 0 unspecified atom stereocenters. The van der Waals surface area contributed by atoms with Gasteiger partial charge in [0.15, 0.2) is 0 Å². The summed E-state index contributed by atoms with van der Waals surface area (Å²) in [5.74, 6) is 0.774. The van der Waals surface area contributed by atoms with E-state index in [1.165, 1.54) is 0 Å². The molecule has 0 spiro atoms. The largest absolute Gasteiger partial charge is 0.497 e. The molecule has 0 saturated heterocycles. The van der Waals surface area contributed by atoms with E-state index in [1.54, 1.807) is 7.11 Å². The van der Waals surface area contributed by atoms with Crippen LogP contribution in [0.3, 0.4) is 0 Å². The van der Waals surface area contributed by atoms with Crippen molar-refractivity contribution in [1.29, 1.82) is 0 Å². The molecule has 31 heavy (non-hydrogen) atoms. The lowest BCUT2D eigenvalue weighted by atomic mass is 9.95. The maximum absolute atomic E-state index is 13.4. The summed E-state index contributed by atoms with van der Waals surface area (Å²) in [6.07, 6.45) is 0. The SMILES string of the molecule is COc1cccc(Cn2nc(C)c(NS(=O)(=O)c3c(C)c(C)c(C)c(C)c3C)c2C)c1. The van der Waals surface area contributed by atoms with Gasteiger partial charge in [0.05, 0.1) is 35.6 Å². The average Bonchev–Trinajstić information content (AvgIpc) is 2.97. The minimum absolute atomic E-state index is 0.354. The first kappa shape index (κ1) is 22.9. The number of sulfonamides is 1. The fourth-order valence-electron chi connectivity index (χ4n) is 4.00. The number of aryl methyl sites for hydroxylation is 1. The van der Waals surface area contributed by atoms with E-state index >= 15 is 0 Å². The average molecular weight is 442 g/mol. The molecule has 0 radical (unpaired) electrons. The second-order valence-corrected chi connectivity index (χ2v) is 9.73. The van der Waals surface area contributed by atoms with Crippen molar-refractivity contribution in [3.8, 4) is 5.75 Å². The molecule has 0 fully saturated rings. The van der Waals surface area contributed by atoms with Crippen molar-refractivity contribution in [2.24, 2.45) is 0 Å². The van der Waals surface area contributed by atoms with E-state index in [2.05, 4.69) is 9.82 Å². The molecule has 1 heterocycles. The van der Waals surface area contributed by atoms with Crippen LogP contribution in [0.4, 0.5) is 5.69 Å². The van der Waals surface area contributed by atoms with Gasteiger partial charge in [0.25, 0.3) is 10.0 Å². The number of nitrogens with zero attached hydrogens (tertiary/aromatic N) is 2. The Bertz CT molecular complexity index is 1230. The van der Waals surface area contributed by atoms with Crippen molar-refractivity contribution in [3.63, 3.8) is 0 Å². The molecule has 0 saturated carbocycles. The summed E-state index contributed by atoms with van der Waals surface area (Å²) < 4.78 is 36.8. The zero-order valence-corrected chi connectivity index (χ0v) is 20.4. The van der Waals surface area contributed by atoms with Crippen LogP contribution in [0.1, 0.15) is 44.8 Å². The highest BCUT2D eigenvalue weighted by Gasteiger charge is 2.26. The van der Waals surface area contributed by atoms with Crippen LogP contribution >= 0.6 is 0 Å². The number of benzene rings is 2. The predicted molar refractivity (Wildman–Crippen MR) is 125 cm³/mol. The quantitative estimate of drug-likeness (QED) is 0.590. The van der Waals surface area contributed by atoms with E-state index in [4.69, 9.17) is 4.74 Å². The molecule has 0 aliphatic carbocycles. The molecule has 2 aromatic carbocycles. The van der Waals surface area contributed by atoms with Crippen molar-refractivity contribution in [3.05, 3.63) is 69.0 Å². The molecule has 6 nitrogen and oxygen atoms in total. The molecule has 7 heteroatoms. The first-order valence-corrected chi connectivity index (χ1v) is 11.7. The van der Waals surface area contributed by atoms with Gasteiger partial charge >= 0.3 is 0 Å². The Morgan fingerprint density at radius 3 is 2.10 bits per heavy atom. The van der Waals surface area contributed by atoms with Gasteiger partial charge in [0.2, 0.25) is 0 Å². The lowest BCUT2D eigenvalue weighted by Gasteiger charge is -2.19. The topological polar surface area (TPSA) is 73.2 Å². The first-order chi connectivity index (χ1) is 14.5. The molecule has 3 aromatic rings. The Morgan fingerprint density at radius 2 is 1.52 bits per heavy atom. The Morgan fingerprint density at radius 1 is 0.935 bits per heavy atom. The Hall–Kier alpha value is -2.80. The van der Waals surface area contributed by atoms with Crippen molar-refractivity contribution in [1.82, 2.24) is 9.78 Å². The Labute approximate surface area is 185 Å². The summed E-state index contributed by atoms with van der Waals surface area (Å²) in [7, 11) is -2.14. The molecule has 0 amide bonds. The third-order valence-electron chi connectivity index (χ3n) is 6.28. The molecule has 0 aliphatic rings. The summed E-state index contributed by atoms with van der Waals surface area (Å²) in [5, 5.41) is 4.58. The monoisotopic (exact) mass is 441 g/mol. The maximum Gasteiger partial charge on any atom is 0.262 e. The highest BCUT2D eigenvalue weighted by molar-refractivity contribution is 7.92. The minimum atomic E-state index is -3.77. The summed E-state index contributed by atoms with van der Waals surface area (Å²) in [5.41, 5.74) is 7.66. The molecular formula is C24H31N3O3S. The van der Waals surface area contributed by atoms with Crippen LogP contribution in [0.15, 0.2) is 29.2 Å². The van der Waals surface area contributed by atoms with E-state index in [0.717, 1.165) is 44.8 Å². The normalized spacial score (nSPS) is 11.6. The lowest BCUT2D eigenvalue weighted by Crippen LogP contribution is -2.18. The highest BCUT2D eigenvalue weighted by atomic mass is 32.2. The van der Waals surface area contributed by atoms with E-state index in [0.29, 0.717) is 22.8 Å². The number of ether oxygens (including phenoxy) is 1. The molecule has 0 aliphatic heterocycles. The second kappa shape index (κ2) is 8.38. The third kappa shape index (κ3) is 4.19. The third-order valence-corrected chi connectivity index (χ3v) is 7.91. The molecule has 0 atom stereocenters. The second-order valence-electron chi connectivity index (χ2n) is 8.11. The number of anilines is 1. The smallest absolute Gasteiger partial charge is 0.262 e. The number of rotatable bonds is 6. The molecular weight excluding hydrogens is 410 g/mol. The minimum Gasteiger partial charge on any atom is -0.497 e. The van der Waals surface area contributed by atoms with E-state index in [1.807, 2.05) is 77.4 Å². The molecule has 0 bridgehead atoms. The van der Waals surface area contributed by atoms with Crippen LogP contribution in [-0.2, 0) is 16.6 Å². The standard InChI is InChI=1S/C24H31N3O3S/c1-14-15(2)17(4)24(18(5)16(14)3)31(28,29)26-23-19(6)25-27(20(23)7)13-21-10-9-11-22(12-21)30-8/h9-12,26H,13H2,1-8H3. The molecule has 1 aromatic heterocycles. The van der Waals surface area contributed by atoms with Crippen LogP contribution in [0.2, 0.25) is 0 Å². The van der Waals surface area contributed by atoms with Gasteiger partial charge in [0, 0.05) is 0 Å². The number of nitrogens with one attached hydrogen (secondary N) is 1. The van der Waals surface area contributed by atoms with Crippen LogP contribution in [0.5, 0.6) is 5.75 Å². The summed E-state index contributed by atoms with van der Waals surface area (Å²) in [6.45, 7) is 13.9. The van der Waals surface area contributed by atoms with Gasteiger partial charge in [-0.2, -0.15) is 5.10 Å². The Balaban J connectivity index is 2.00. The zero-order valence-electron chi connectivity index (χ0n) is 19.5. The van der Waals surface area contributed by atoms with Crippen molar-refractivity contribution in [2.45, 2.75) is 59.9 Å². The van der Waals surface area contributed by atoms with Gasteiger partial charge in [-0.05, 0) is 94.0 Å². The Kier molecular flexibility index (Phi) is 6.18. The number of aromatic nitrogens is 2. The van der Waals surface area contributed by atoms with Gasteiger partial charge in [-0.1, -0.05) is 12.1 Å². The zero-order chi connectivity index (χ0) is 23.1. The van der Waals surface area contributed by atoms with Crippen LogP contribution < -0.4 is 9.46 Å². The fraction of sp³-hybridized carbons (Fsp3) is 0.375. The van der Waals surface area contributed by atoms with Gasteiger partial charge in [-0.25, -0.2) is 8.42 Å². The lowest BCUT2D eigenvalue weighted by molar-refractivity contribution is 0.414. The van der Waals surface area contributed by atoms with E-state index in [9.17, 15) is 8.42 Å². The summed E-state index contributed by atoms with van der Waals surface area (Å²) in [4.78, 5) is 0.354. The summed E-state index contributed by atoms with van der Waals surface area (Å²) in [6, 6.07) is 7.76.